The van der Waals surface area contributed by atoms with Crippen molar-refractivity contribution >= 4 is 123 Å². The third kappa shape index (κ3) is 8.16. The zero-order valence-corrected chi connectivity index (χ0v) is 49.8. The van der Waals surface area contributed by atoms with Gasteiger partial charge in [-0.15, -0.1) is 0 Å². The highest BCUT2D eigenvalue weighted by Crippen LogP contribution is 2.54. The van der Waals surface area contributed by atoms with E-state index in [1.807, 2.05) is 0 Å². The van der Waals surface area contributed by atoms with Gasteiger partial charge in [0.25, 0.3) is 0 Å². The third-order valence-electron chi connectivity index (χ3n) is 19.5. The molecule has 15 aromatic carbocycles. The standard InChI is InChI=1S/C86H62N2/c1-85(2)79-49-55(31-43-71(79)73-47-41-67(53-81(73)85)87(63-21-7-5-8-22-63)65-39-35-57-17-11-13-19-61(57)51-65)29-33-59-37-45-77-76-28-16-26-70-60(38-46-78(84(70)76)75-27-15-25-69(59)83(75)77)34-30-56-32-44-72-74-48-42-68(54-82(74)86(3,4)80(72)50-56)88(64-23-9-6-10-24-64)66-40-36-58-18-12-14-20-62(58)52-66/h5-54H,1-4H3. The topological polar surface area (TPSA) is 6.48 Å². The van der Waals surface area contributed by atoms with Gasteiger partial charge in [0.2, 0.25) is 0 Å². The van der Waals surface area contributed by atoms with E-state index >= 15 is 0 Å². The molecule has 416 valence electrons. The summed E-state index contributed by atoms with van der Waals surface area (Å²) in [6, 6.07) is 104. The van der Waals surface area contributed by atoms with Crippen LogP contribution in [0.4, 0.5) is 34.1 Å². The van der Waals surface area contributed by atoms with Gasteiger partial charge in [0.1, 0.15) is 0 Å². The lowest BCUT2D eigenvalue weighted by molar-refractivity contribution is 0.660. The molecule has 0 heterocycles. The number of para-hydroxylation sites is 2. The molecule has 2 nitrogen and oxygen atoms in total. The van der Waals surface area contributed by atoms with Crippen LogP contribution in [0.2, 0.25) is 0 Å². The summed E-state index contributed by atoms with van der Waals surface area (Å²) >= 11 is 0. The zero-order valence-electron chi connectivity index (χ0n) is 49.8. The molecule has 0 unspecified atom stereocenters. The summed E-state index contributed by atoms with van der Waals surface area (Å²) in [4.78, 5) is 4.79. The Morgan fingerprint density at radius 2 is 0.580 bits per heavy atom. The van der Waals surface area contributed by atoms with Crippen LogP contribution in [0.1, 0.15) is 72.2 Å². The first-order chi connectivity index (χ1) is 43.1. The Bertz CT molecular complexity index is 5030. The van der Waals surface area contributed by atoms with Crippen LogP contribution in [-0.4, -0.2) is 0 Å². The SMILES string of the molecule is CC1(C)c2cc(C=Cc3ccc4c5cccc6c(C=Cc7ccc8c(c7)C(C)(C)c7cc(N(c9ccccc9)c9ccc%10ccccc%10c9)ccc7-8)ccc(c7cccc3c74)c65)ccc2-c2ccc(N(c3ccccc3)c3ccc4ccccc4c3)cc21. The van der Waals surface area contributed by atoms with Gasteiger partial charge in [0.15, 0.2) is 0 Å². The van der Waals surface area contributed by atoms with Crippen LogP contribution in [0.3, 0.4) is 0 Å². The lowest BCUT2D eigenvalue weighted by atomic mass is 9.81. The maximum absolute atomic E-state index is 2.43. The number of nitrogens with zero attached hydrogens (tertiary/aromatic N) is 2. The summed E-state index contributed by atoms with van der Waals surface area (Å²) in [5.41, 5.74) is 21.9. The highest BCUT2D eigenvalue weighted by molar-refractivity contribution is 6.34. The number of rotatable bonds is 10. The molecule has 0 aliphatic heterocycles. The Morgan fingerprint density at radius 3 is 1.01 bits per heavy atom. The lowest BCUT2D eigenvalue weighted by Crippen LogP contribution is -2.16. The zero-order chi connectivity index (χ0) is 58.8. The smallest absolute Gasteiger partial charge is 0.0468 e. The fourth-order valence-corrected chi connectivity index (χ4v) is 15.1. The molecule has 0 saturated carbocycles. The lowest BCUT2D eigenvalue weighted by Gasteiger charge is -2.28. The highest BCUT2D eigenvalue weighted by Gasteiger charge is 2.38. The van der Waals surface area contributed by atoms with Crippen LogP contribution >= 0.6 is 0 Å². The molecule has 0 fully saturated rings. The van der Waals surface area contributed by atoms with Crippen LogP contribution in [0.25, 0.3) is 111 Å². The van der Waals surface area contributed by atoms with Crippen molar-refractivity contribution in [3.05, 3.63) is 324 Å². The Hall–Kier alpha value is -10.8. The number of anilines is 6. The van der Waals surface area contributed by atoms with Gasteiger partial charge in [0.05, 0.1) is 0 Å². The Kier molecular flexibility index (Phi) is 11.7. The molecule has 88 heavy (non-hydrogen) atoms. The molecule has 17 rings (SSSR count). The van der Waals surface area contributed by atoms with E-state index in [1.165, 1.54) is 131 Å². The minimum absolute atomic E-state index is 0.203. The molecule has 2 heteroatoms. The van der Waals surface area contributed by atoms with Crippen molar-refractivity contribution in [3.63, 3.8) is 0 Å². The van der Waals surface area contributed by atoms with Crippen molar-refractivity contribution in [3.8, 4) is 22.3 Å². The van der Waals surface area contributed by atoms with Crippen LogP contribution in [-0.2, 0) is 10.8 Å². The van der Waals surface area contributed by atoms with E-state index in [9.17, 15) is 0 Å². The summed E-state index contributed by atoms with van der Waals surface area (Å²) < 4.78 is 0. The van der Waals surface area contributed by atoms with Crippen molar-refractivity contribution in [2.75, 3.05) is 9.80 Å². The largest absolute Gasteiger partial charge is 0.310 e. The minimum atomic E-state index is -0.203. The molecule has 2 aliphatic carbocycles. The minimum Gasteiger partial charge on any atom is -0.310 e. The van der Waals surface area contributed by atoms with Crippen molar-refractivity contribution in [1.82, 2.24) is 0 Å². The van der Waals surface area contributed by atoms with Crippen LogP contribution in [0.15, 0.2) is 279 Å². The fraction of sp³-hybridized carbons (Fsp3) is 0.0698. The van der Waals surface area contributed by atoms with E-state index in [1.54, 1.807) is 0 Å². The second kappa shape index (κ2) is 19.9. The summed E-state index contributed by atoms with van der Waals surface area (Å²) in [7, 11) is 0. The van der Waals surface area contributed by atoms with E-state index < -0.39 is 0 Å². The second-order valence-corrected chi connectivity index (χ2v) is 25.3. The first kappa shape index (κ1) is 51.6. The summed E-state index contributed by atoms with van der Waals surface area (Å²) in [6.45, 7) is 9.55. The van der Waals surface area contributed by atoms with E-state index in [0.717, 1.165) is 34.1 Å². The van der Waals surface area contributed by atoms with Gasteiger partial charge in [-0.2, -0.15) is 0 Å². The fourth-order valence-electron chi connectivity index (χ4n) is 15.1. The highest BCUT2D eigenvalue weighted by atomic mass is 15.1. The van der Waals surface area contributed by atoms with E-state index in [2.05, 4.69) is 341 Å². The first-order valence-corrected chi connectivity index (χ1v) is 30.9. The molecule has 0 atom stereocenters. The number of hydrogen-bond donors (Lipinski definition) is 0. The number of benzene rings is 15. The van der Waals surface area contributed by atoms with Gasteiger partial charge < -0.3 is 9.80 Å². The van der Waals surface area contributed by atoms with E-state index in [0.29, 0.717) is 0 Å². The van der Waals surface area contributed by atoms with Crippen molar-refractivity contribution in [2.24, 2.45) is 0 Å². The average molecular weight is 1120 g/mol. The monoisotopic (exact) mass is 1120 g/mol. The molecule has 0 amide bonds. The predicted octanol–water partition coefficient (Wildman–Crippen LogP) is 23.9. The summed E-state index contributed by atoms with van der Waals surface area (Å²) in [5.74, 6) is 0. The number of fused-ring (bicyclic) bond motifs is 10. The summed E-state index contributed by atoms with van der Waals surface area (Å²) in [5, 5.41) is 15.3. The Balaban J connectivity index is 0.664. The molecular formula is C86H62N2. The Labute approximate surface area is 514 Å². The van der Waals surface area contributed by atoms with Gasteiger partial charge in [-0.1, -0.05) is 258 Å². The summed E-state index contributed by atoms with van der Waals surface area (Å²) in [6.07, 6.45) is 9.27. The quantitative estimate of drug-likeness (QED) is 0.0765. The molecule has 15 aromatic rings. The number of hydrogen-bond acceptors (Lipinski definition) is 2. The van der Waals surface area contributed by atoms with Crippen LogP contribution in [0, 0.1) is 0 Å². The molecular weight excluding hydrogens is 1060 g/mol. The van der Waals surface area contributed by atoms with E-state index in [-0.39, 0.29) is 10.8 Å². The molecule has 0 saturated heterocycles. The second-order valence-electron chi connectivity index (χ2n) is 25.3. The Morgan fingerprint density at radius 1 is 0.239 bits per heavy atom. The molecule has 2 aliphatic rings. The van der Waals surface area contributed by atoms with Crippen molar-refractivity contribution < 1.29 is 0 Å². The normalized spacial score (nSPS) is 13.8. The van der Waals surface area contributed by atoms with Gasteiger partial charge >= 0.3 is 0 Å². The van der Waals surface area contributed by atoms with Gasteiger partial charge in [0, 0.05) is 45.0 Å². The van der Waals surface area contributed by atoms with Gasteiger partial charge in [-0.05, 0) is 204 Å². The molecule has 0 radical (unpaired) electrons. The maximum Gasteiger partial charge on any atom is 0.0468 e. The third-order valence-corrected chi connectivity index (χ3v) is 19.5. The first-order valence-electron chi connectivity index (χ1n) is 30.9. The molecule has 0 N–H and O–H groups in total. The molecule has 0 bridgehead atoms. The molecule has 0 spiro atoms. The van der Waals surface area contributed by atoms with Crippen LogP contribution in [0.5, 0.6) is 0 Å². The molecule has 0 aromatic heterocycles. The van der Waals surface area contributed by atoms with Gasteiger partial charge in [-0.3, -0.25) is 0 Å². The van der Waals surface area contributed by atoms with E-state index in [4.69, 9.17) is 0 Å². The van der Waals surface area contributed by atoms with Crippen molar-refractivity contribution in [2.45, 2.75) is 38.5 Å². The van der Waals surface area contributed by atoms with Gasteiger partial charge in [-0.25, -0.2) is 0 Å². The van der Waals surface area contributed by atoms with Crippen molar-refractivity contribution in [1.29, 1.82) is 0 Å². The predicted molar refractivity (Wildman–Crippen MR) is 378 cm³/mol. The maximum atomic E-state index is 2.43. The average Bonchev–Trinajstić information content (AvgIpc) is 1.11. The van der Waals surface area contributed by atoms with Crippen LogP contribution < -0.4 is 9.80 Å².